The molecule has 0 saturated carbocycles. The van der Waals surface area contributed by atoms with Crippen molar-refractivity contribution in [1.82, 2.24) is 15.6 Å². The zero-order valence-corrected chi connectivity index (χ0v) is 14.6. The van der Waals surface area contributed by atoms with Crippen molar-refractivity contribution in [2.45, 2.75) is 18.9 Å². The van der Waals surface area contributed by atoms with Crippen LogP contribution < -0.4 is 16.5 Å². The second-order valence-electron chi connectivity index (χ2n) is 5.81. The Morgan fingerprint density at radius 2 is 2.29 bits per heavy atom. The minimum absolute atomic E-state index is 0.0706. The first-order valence-electron chi connectivity index (χ1n) is 7.38. The molecule has 1 aromatic carbocycles. The van der Waals surface area contributed by atoms with Gasteiger partial charge in [-0.1, -0.05) is 23.7 Å². The van der Waals surface area contributed by atoms with Gasteiger partial charge in [-0.3, -0.25) is 15.1 Å². The van der Waals surface area contributed by atoms with Gasteiger partial charge in [-0.15, -0.1) is 0 Å². The van der Waals surface area contributed by atoms with E-state index in [-0.39, 0.29) is 18.3 Å². The normalized spacial score (nSPS) is 22.0. The summed E-state index contributed by atoms with van der Waals surface area (Å²) in [7, 11) is 3.27. The number of hydrazone groups is 1. The summed E-state index contributed by atoms with van der Waals surface area (Å²) in [5.41, 5.74) is 9.84. The molecule has 0 aromatic heterocycles. The number of allylic oxidation sites excluding steroid dienone is 1. The summed E-state index contributed by atoms with van der Waals surface area (Å²) in [6.07, 6.45) is 3.86. The monoisotopic (exact) mass is 348 g/mol. The lowest BCUT2D eigenvalue weighted by molar-refractivity contribution is -0.128. The number of amides is 1. The van der Waals surface area contributed by atoms with Gasteiger partial charge in [0.1, 0.15) is 0 Å². The van der Waals surface area contributed by atoms with Crippen LogP contribution in [0.2, 0.25) is 5.02 Å². The molecular formula is C16H21ClN6O. The minimum atomic E-state index is -0.660. The van der Waals surface area contributed by atoms with E-state index in [4.69, 9.17) is 22.7 Å². The van der Waals surface area contributed by atoms with Crippen molar-refractivity contribution in [2.75, 3.05) is 19.8 Å². The molecule has 0 radical (unpaired) electrons. The van der Waals surface area contributed by atoms with Gasteiger partial charge < -0.3 is 16.5 Å². The molecule has 0 bridgehead atoms. The number of nitrogens with two attached hydrogens (primary N) is 1. The highest BCUT2D eigenvalue weighted by Crippen LogP contribution is 2.22. The molecule has 24 heavy (non-hydrogen) atoms. The van der Waals surface area contributed by atoms with E-state index in [9.17, 15) is 4.79 Å². The fourth-order valence-corrected chi connectivity index (χ4v) is 2.46. The highest BCUT2D eigenvalue weighted by molar-refractivity contribution is 6.33. The molecule has 1 aromatic rings. The van der Waals surface area contributed by atoms with Gasteiger partial charge in [0.15, 0.2) is 5.96 Å². The largest absolute Gasteiger partial charge is 0.398 e. The van der Waals surface area contributed by atoms with Crippen LogP contribution in [-0.4, -0.2) is 42.1 Å². The fraction of sp³-hybridized carbons (Fsp3) is 0.312. The minimum Gasteiger partial charge on any atom is -0.398 e. The molecule has 0 aliphatic carbocycles. The number of hydrogen-bond donors (Lipinski definition) is 4. The molecule has 7 nitrogen and oxygen atoms in total. The first-order chi connectivity index (χ1) is 11.3. The molecule has 1 saturated heterocycles. The summed E-state index contributed by atoms with van der Waals surface area (Å²) in [5, 5.41) is 15.6. The van der Waals surface area contributed by atoms with E-state index in [2.05, 4.69) is 15.8 Å². The third kappa shape index (κ3) is 3.86. The van der Waals surface area contributed by atoms with Gasteiger partial charge >= 0.3 is 0 Å². The summed E-state index contributed by atoms with van der Waals surface area (Å²) in [6.45, 7) is 1.86. The third-order valence-electron chi connectivity index (χ3n) is 3.76. The lowest BCUT2D eigenvalue weighted by Crippen LogP contribution is -2.59. The van der Waals surface area contributed by atoms with Crippen molar-refractivity contribution in [3.8, 4) is 0 Å². The molecular weight excluding hydrogens is 328 g/mol. The molecule has 0 unspecified atom stereocenters. The number of carbonyl (C=O) groups is 1. The van der Waals surface area contributed by atoms with Crippen LogP contribution in [-0.2, 0) is 4.79 Å². The van der Waals surface area contributed by atoms with Crippen LogP contribution in [0.1, 0.15) is 18.9 Å². The fourth-order valence-electron chi connectivity index (χ4n) is 2.34. The van der Waals surface area contributed by atoms with Crippen LogP contribution in [0.4, 0.5) is 5.69 Å². The maximum Gasteiger partial charge on any atom is 0.231 e. The van der Waals surface area contributed by atoms with E-state index in [1.165, 1.54) is 4.90 Å². The van der Waals surface area contributed by atoms with E-state index < -0.39 is 5.54 Å². The van der Waals surface area contributed by atoms with Gasteiger partial charge in [-0.2, -0.15) is 5.10 Å². The quantitative estimate of drug-likeness (QED) is 0.376. The first kappa shape index (κ1) is 17.8. The first-order valence-corrected chi connectivity index (χ1v) is 7.76. The summed E-state index contributed by atoms with van der Waals surface area (Å²) < 4.78 is 0. The van der Waals surface area contributed by atoms with E-state index in [1.54, 1.807) is 32.3 Å². The van der Waals surface area contributed by atoms with E-state index in [0.29, 0.717) is 16.4 Å². The van der Waals surface area contributed by atoms with E-state index >= 15 is 0 Å². The number of nitrogens with zero attached hydrogens (tertiary/aromatic N) is 2. The molecule has 1 aliphatic heterocycles. The Morgan fingerprint density at radius 3 is 2.88 bits per heavy atom. The van der Waals surface area contributed by atoms with Gasteiger partial charge in [-0.05, 0) is 25.1 Å². The van der Waals surface area contributed by atoms with Crippen molar-refractivity contribution in [1.29, 1.82) is 5.41 Å². The standard InChI is InChI=1S/C16H21ClN6O/c1-16(9-14(24)23(3)15(19)21-16)7-6-13(22-20-2)10-4-5-11(17)12(18)8-10/h4-8,20H,9,18H2,1-3H3,(H2,19,21)/b7-6+,22-13+/t16-/m1/s1. The Bertz CT molecular complexity index is 709. The molecule has 128 valence electrons. The van der Waals surface area contributed by atoms with Gasteiger partial charge in [0.05, 0.1) is 28.4 Å². The zero-order valence-electron chi connectivity index (χ0n) is 13.9. The number of nitrogens with one attached hydrogen (secondary N) is 3. The second-order valence-corrected chi connectivity index (χ2v) is 6.22. The highest BCUT2D eigenvalue weighted by atomic mass is 35.5. The Balaban J connectivity index is 2.29. The van der Waals surface area contributed by atoms with Gasteiger partial charge in [0, 0.05) is 19.7 Å². The number of rotatable bonds is 4. The molecule has 1 amide bonds. The van der Waals surface area contributed by atoms with Crippen molar-refractivity contribution in [2.24, 2.45) is 5.10 Å². The number of halogens is 1. The van der Waals surface area contributed by atoms with Crippen LogP contribution >= 0.6 is 11.6 Å². The van der Waals surface area contributed by atoms with Crippen molar-refractivity contribution in [3.05, 3.63) is 40.9 Å². The number of carbonyl (C=O) groups excluding carboxylic acids is 1. The molecule has 1 fully saturated rings. The van der Waals surface area contributed by atoms with E-state index in [0.717, 1.165) is 5.56 Å². The molecule has 8 heteroatoms. The van der Waals surface area contributed by atoms with Gasteiger partial charge in [0.2, 0.25) is 5.91 Å². The molecule has 0 spiro atoms. The SMILES string of the molecule is CN/N=C(\C=C\[C@]1(C)CC(=O)N(C)C(=N)N1)c1ccc(Cl)c(N)c1. The molecule has 1 atom stereocenters. The van der Waals surface area contributed by atoms with Gasteiger partial charge in [0.25, 0.3) is 0 Å². The van der Waals surface area contributed by atoms with Crippen LogP contribution in [0.5, 0.6) is 0 Å². The maximum atomic E-state index is 12.0. The van der Waals surface area contributed by atoms with Crippen molar-refractivity contribution in [3.63, 3.8) is 0 Å². The number of nitrogen functional groups attached to an aromatic ring is 1. The summed E-state index contributed by atoms with van der Waals surface area (Å²) in [4.78, 5) is 13.3. The number of anilines is 1. The number of benzene rings is 1. The smallest absolute Gasteiger partial charge is 0.231 e. The highest BCUT2D eigenvalue weighted by Gasteiger charge is 2.34. The van der Waals surface area contributed by atoms with Crippen LogP contribution in [0, 0.1) is 5.41 Å². The van der Waals surface area contributed by atoms with Crippen LogP contribution in [0.15, 0.2) is 35.5 Å². The molecule has 2 rings (SSSR count). The predicted molar refractivity (Wildman–Crippen MR) is 97.3 cm³/mol. The Morgan fingerprint density at radius 1 is 1.58 bits per heavy atom. The Hall–Kier alpha value is -2.54. The second kappa shape index (κ2) is 6.92. The third-order valence-corrected chi connectivity index (χ3v) is 4.11. The summed E-state index contributed by atoms with van der Waals surface area (Å²) in [5.74, 6) is -0.0463. The van der Waals surface area contributed by atoms with Crippen LogP contribution in [0.25, 0.3) is 0 Å². The molecule has 1 heterocycles. The van der Waals surface area contributed by atoms with E-state index in [1.807, 2.05) is 19.1 Å². The Labute approximate surface area is 146 Å². The van der Waals surface area contributed by atoms with Crippen LogP contribution in [0.3, 0.4) is 0 Å². The Kier molecular flexibility index (Phi) is 5.14. The zero-order chi connectivity index (χ0) is 17.9. The predicted octanol–water partition coefficient (Wildman–Crippen LogP) is 1.55. The topological polar surface area (TPSA) is 107 Å². The molecule has 5 N–H and O–H groups in total. The van der Waals surface area contributed by atoms with Crippen molar-refractivity contribution >= 4 is 34.9 Å². The summed E-state index contributed by atoms with van der Waals surface area (Å²) in [6, 6.07) is 5.26. The lowest BCUT2D eigenvalue weighted by Gasteiger charge is -2.37. The molecule has 1 aliphatic rings. The van der Waals surface area contributed by atoms with Crippen molar-refractivity contribution < 1.29 is 4.79 Å². The number of guanidine groups is 1. The average molecular weight is 349 g/mol. The maximum absolute atomic E-state index is 12.0. The lowest BCUT2D eigenvalue weighted by atomic mass is 9.93. The summed E-state index contributed by atoms with van der Waals surface area (Å²) >= 11 is 5.95. The van der Waals surface area contributed by atoms with Gasteiger partial charge in [-0.25, -0.2) is 0 Å². The average Bonchev–Trinajstić information content (AvgIpc) is 2.52. The number of hydrogen-bond acceptors (Lipinski definition) is 5.